The van der Waals surface area contributed by atoms with Crippen LogP contribution in [0.3, 0.4) is 0 Å². The van der Waals surface area contributed by atoms with E-state index < -0.39 is 11.9 Å². The van der Waals surface area contributed by atoms with Gasteiger partial charge in [0, 0.05) is 18.7 Å². The molecule has 8 heteroatoms. The van der Waals surface area contributed by atoms with Crippen LogP contribution in [-0.2, 0) is 6.18 Å². The van der Waals surface area contributed by atoms with Crippen LogP contribution in [0.15, 0.2) is 24.3 Å². The van der Waals surface area contributed by atoms with Crippen LogP contribution in [0, 0.1) is 5.92 Å². The quantitative estimate of drug-likeness (QED) is 0.817. The molecule has 1 unspecified atom stereocenters. The highest BCUT2D eigenvalue weighted by Gasteiger charge is 2.33. The summed E-state index contributed by atoms with van der Waals surface area (Å²) in [7, 11) is 0. The Morgan fingerprint density at radius 2 is 1.88 bits per heavy atom. The maximum atomic E-state index is 12.9. The monoisotopic (exact) mass is 351 g/mol. The highest BCUT2D eigenvalue weighted by molar-refractivity contribution is 5.58. The summed E-state index contributed by atoms with van der Waals surface area (Å²) in [6.45, 7) is 4.64. The summed E-state index contributed by atoms with van der Waals surface area (Å²) in [5.74, 6) is 1.92. The Labute approximate surface area is 144 Å². The molecule has 0 saturated heterocycles. The lowest BCUT2D eigenvalue weighted by Gasteiger charge is -2.15. The van der Waals surface area contributed by atoms with Gasteiger partial charge in [-0.3, -0.25) is 0 Å². The van der Waals surface area contributed by atoms with Gasteiger partial charge in [-0.15, -0.1) is 0 Å². The first-order valence-corrected chi connectivity index (χ1v) is 8.31. The number of nitrogens with one attached hydrogen (secondary N) is 2. The molecule has 1 atom stereocenters. The zero-order valence-corrected chi connectivity index (χ0v) is 14.1. The number of hydrogen-bond donors (Lipinski definition) is 2. The predicted molar refractivity (Wildman–Crippen MR) is 90.2 cm³/mol. The summed E-state index contributed by atoms with van der Waals surface area (Å²) in [6, 6.07) is 5.75. The minimum absolute atomic E-state index is 0.0942. The van der Waals surface area contributed by atoms with E-state index in [1.54, 1.807) is 6.07 Å². The SMILES string of the molecule is CCNc1cc(NC(C)C2CC2)nc(-c2cccc(C(F)(F)F)n2)n1. The van der Waals surface area contributed by atoms with Gasteiger partial charge in [-0.25, -0.2) is 15.0 Å². The molecule has 1 saturated carbocycles. The van der Waals surface area contributed by atoms with Gasteiger partial charge in [0.1, 0.15) is 23.0 Å². The van der Waals surface area contributed by atoms with Gasteiger partial charge in [0.05, 0.1) is 0 Å². The van der Waals surface area contributed by atoms with Crippen molar-refractivity contribution in [3.63, 3.8) is 0 Å². The van der Waals surface area contributed by atoms with Crippen LogP contribution in [0.1, 0.15) is 32.4 Å². The van der Waals surface area contributed by atoms with Crippen molar-refractivity contribution in [2.75, 3.05) is 17.2 Å². The molecule has 3 rings (SSSR count). The largest absolute Gasteiger partial charge is 0.433 e. The average molecular weight is 351 g/mol. The molecule has 1 aliphatic carbocycles. The first kappa shape index (κ1) is 17.4. The first-order chi connectivity index (χ1) is 11.9. The average Bonchev–Trinajstić information content (AvgIpc) is 3.39. The van der Waals surface area contributed by atoms with Gasteiger partial charge in [0.2, 0.25) is 0 Å². The minimum Gasteiger partial charge on any atom is -0.370 e. The number of rotatable bonds is 6. The van der Waals surface area contributed by atoms with Gasteiger partial charge < -0.3 is 10.6 Å². The zero-order chi connectivity index (χ0) is 18.0. The summed E-state index contributed by atoms with van der Waals surface area (Å²) < 4.78 is 38.7. The summed E-state index contributed by atoms with van der Waals surface area (Å²) in [5.41, 5.74) is -0.861. The number of hydrogen-bond acceptors (Lipinski definition) is 5. The second-order valence-electron chi connectivity index (χ2n) is 6.17. The van der Waals surface area contributed by atoms with Crippen molar-refractivity contribution >= 4 is 11.6 Å². The van der Waals surface area contributed by atoms with Crippen LogP contribution in [0.4, 0.5) is 24.8 Å². The van der Waals surface area contributed by atoms with Gasteiger partial charge in [0.25, 0.3) is 0 Å². The normalized spacial score (nSPS) is 15.7. The highest BCUT2D eigenvalue weighted by Crippen LogP contribution is 2.34. The van der Waals surface area contributed by atoms with Gasteiger partial charge >= 0.3 is 6.18 Å². The fraction of sp³-hybridized carbons (Fsp3) is 0.471. The second-order valence-corrected chi connectivity index (χ2v) is 6.17. The molecule has 134 valence electrons. The van der Waals surface area contributed by atoms with E-state index in [0.717, 1.165) is 6.07 Å². The topological polar surface area (TPSA) is 62.7 Å². The van der Waals surface area contributed by atoms with E-state index in [1.165, 1.54) is 25.0 Å². The lowest BCUT2D eigenvalue weighted by molar-refractivity contribution is -0.141. The van der Waals surface area contributed by atoms with Crippen LogP contribution in [0.25, 0.3) is 11.5 Å². The summed E-state index contributed by atoms with van der Waals surface area (Å²) in [6.07, 6.45) is -2.14. The fourth-order valence-electron chi connectivity index (χ4n) is 2.57. The lowest BCUT2D eigenvalue weighted by atomic mass is 10.2. The Kier molecular flexibility index (Phi) is 4.78. The van der Waals surface area contributed by atoms with Gasteiger partial charge in [-0.05, 0) is 44.7 Å². The molecule has 0 spiro atoms. The third-order valence-corrected chi connectivity index (χ3v) is 4.06. The molecule has 5 nitrogen and oxygen atoms in total. The Hall–Kier alpha value is -2.38. The Morgan fingerprint density at radius 3 is 2.52 bits per heavy atom. The molecule has 0 radical (unpaired) electrons. The van der Waals surface area contributed by atoms with Gasteiger partial charge in [-0.1, -0.05) is 6.07 Å². The van der Waals surface area contributed by atoms with E-state index in [1.807, 2.05) is 6.92 Å². The van der Waals surface area contributed by atoms with Crippen LogP contribution < -0.4 is 10.6 Å². The Morgan fingerprint density at radius 1 is 1.16 bits per heavy atom. The number of alkyl halides is 3. The van der Waals surface area contributed by atoms with E-state index in [0.29, 0.717) is 24.1 Å². The number of nitrogens with zero attached hydrogens (tertiary/aromatic N) is 3. The highest BCUT2D eigenvalue weighted by atomic mass is 19.4. The molecular weight excluding hydrogens is 331 g/mol. The molecule has 1 aliphatic rings. The molecule has 0 amide bonds. The molecule has 0 aliphatic heterocycles. The van der Waals surface area contributed by atoms with Crippen molar-refractivity contribution in [3.05, 3.63) is 30.0 Å². The van der Waals surface area contributed by atoms with Gasteiger partial charge in [-0.2, -0.15) is 13.2 Å². The van der Waals surface area contributed by atoms with Crippen LogP contribution in [0.2, 0.25) is 0 Å². The molecule has 0 aromatic carbocycles. The first-order valence-electron chi connectivity index (χ1n) is 8.31. The van der Waals surface area contributed by atoms with E-state index in [2.05, 4.69) is 32.5 Å². The molecule has 0 bridgehead atoms. The molecule has 2 N–H and O–H groups in total. The smallest absolute Gasteiger partial charge is 0.370 e. The summed E-state index contributed by atoms with van der Waals surface area (Å²) in [5, 5.41) is 6.40. The van der Waals surface area contributed by atoms with E-state index in [-0.39, 0.29) is 17.6 Å². The molecule has 1 fully saturated rings. The summed E-state index contributed by atoms with van der Waals surface area (Å²) >= 11 is 0. The van der Waals surface area contributed by atoms with Crippen LogP contribution in [0.5, 0.6) is 0 Å². The van der Waals surface area contributed by atoms with Gasteiger partial charge in [0.15, 0.2) is 5.82 Å². The molecular formula is C17H20F3N5. The van der Waals surface area contributed by atoms with Crippen LogP contribution in [-0.4, -0.2) is 27.5 Å². The Balaban J connectivity index is 1.95. The standard InChI is InChI=1S/C17H20F3N5/c1-3-21-14-9-15(22-10(2)11-7-8-11)25-16(24-14)12-5-4-6-13(23-12)17(18,19)20/h4-6,9-11H,3,7-8H2,1-2H3,(H2,21,22,24,25). The molecule has 25 heavy (non-hydrogen) atoms. The van der Waals surface area contributed by atoms with Crippen LogP contribution >= 0.6 is 0 Å². The van der Waals surface area contributed by atoms with Crippen molar-refractivity contribution in [2.45, 2.75) is 38.9 Å². The zero-order valence-electron chi connectivity index (χ0n) is 14.1. The number of halogens is 3. The Bertz CT molecular complexity index is 743. The molecule has 2 heterocycles. The van der Waals surface area contributed by atoms with Crippen molar-refractivity contribution in [3.8, 4) is 11.5 Å². The van der Waals surface area contributed by atoms with E-state index in [4.69, 9.17) is 0 Å². The molecule has 2 aromatic heterocycles. The van der Waals surface area contributed by atoms with Crippen molar-refractivity contribution in [2.24, 2.45) is 5.92 Å². The van der Waals surface area contributed by atoms with Crippen molar-refractivity contribution in [1.82, 2.24) is 15.0 Å². The maximum absolute atomic E-state index is 12.9. The van der Waals surface area contributed by atoms with Crippen molar-refractivity contribution in [1.29, 1.82) is 0 Å². The molecule has 2 aromatic rings. The fourth-order valence-corrected chi connectivity index (χ4v) is 2.57. The third kappa shape index (κ3) is 4.37. The lowest BCUT2D eigenvalue weighted by Crippen LogP contribution is -2.19. The van der Waals surface area contributed by atoms with E-state index >= 15 is 0 Å². The second kappa shape index (κ2) is 6.85. The number of pyridine rings is 1. The minimum atomic E-state index is -4.50. The van der Waals surface area contributed by atoms with E-state index in [9.17, 15) is 13.2 Å². The predicted octanol–water partition coefficient (Wildman–Crippen LogP) is 4.20. The van der Waals surface area contributed by atoms with Crippen molar-refractivity contribution < 1.29 is 13.2 Å². The third-order valence-electron chi connectivity index (χ3n) is 4.06. The summed E-state index contributed by atoms with van der Waals surface area (Å²) in [4.78, 5) is 12.3. The number of anilines is 2. The maximum Gasteiger partial charge on any atom is 0.433 e. The number of aromatic nitrogens is 3.